The molecule has 178 valence electrons. The Balaban J connectivity index is 1.52. The average molecular weight is 520 g/mol. The van der Waals surface area contributed by atoms with E-state index in [1.165, 1.54) is 11.0 Å². The Morgan fingerprint density at radius 3 is 2.64 bits per heavy atom. The summed E-state index contributed by atoms with van der Waals surface area (Å²) in [5.74, 6) is 0.0982. The molecule has 0 bridgehead atoms. The van der Waals surface area contributed by atoms with E-state index in [2.05, 4.69) is 46.9 Å². The predicted molar refractivity (Wildman–Crippen MR) is 132 cm³/mol. The number of nitrogens with zero attached hydrogens (tertiary/aromatic N) is 2. The molecule has 0 aliphatic rings. The molecule has 1 heterocycles. The third-order valence-electron chi connectivity index (χ3n) is 5.88. The molecule has 0 spiro atoms. The van der Waals surface area contributed by atoms with Crippen LogP contribution < -0.4 is 4.74 Å². The van der Waals surface area contributed by atoms with Crippen LogP contribution in [0.25, 0.3) is 22.2 Å². The summed E-state index contributed by atoms with van der Waals surface area (Å²) in [6.45, 7) is 6.65. The van der Waals surface area contributed by atoms with Gasteiger partial charge < -0.3 is 14.7 Å². The maximum Gasteiger partial charge on any atom is 0.407 e. The van der Waals surface area contributed by atoms with Gasteiger partial charge in [0.15, 0.2) is 0 Å². The lowest BCUT2D eigenvalue weighted by atomic mass is 9.83. The number of aromatic nitrogens is 2. The van der Waals surface area contributed by atoms with E-state index in [9.17, 15) is 14.3 Å². The van der Waals surface area contributed by atoms with Gasteiger partial charge in [-0.3, -0.25) is 5.10 Å². The van der Waals surface area contributed by atoms with Crippen molar-refractivity contribution in [2.45, 2.75) is 52.5 Å². The molecule has 3 rings (SSSR count). The molecule has 1 amide bonds. The fraction of sp³-hybridized carbons (Fsp3) is 0.440. The number of carboxylic acid groups (broad SMARTS) is 1. The molecule has 1 unspecified atom stereocenters. The number of hydrogen-bond donors (Lipinski definition) is 2. The van der Waals surface area contributed by atoms with Gasteiger partial charge in [0, 0.05) is 34.6 Å². The molecule has 0 saturated heterocycles. The van der Waals surface area contributed by atoms with Crippen molar-refractivity contribution >= 4 is 32.9 Å². The third-order valence-corrected chi connectivity index (χ3v) is 6.37. The van der Waals surface area contributed by atoms with Crippen LogP contribution in [0.2, 0.25) is 0 Å². The first-order valence-corrected chi connectivity index (χ1v) is 11.9. The summed E-state index contributed by atoms with van der Waals surface area (Å²) in [7, 11) is 1.63. The standard InChI is InChI=1S/C25H31BrFN3O3/c1-25(2,3)22(30(4)24(31)32)8-6-5-7-13-33-17-10-11-18(20(27)15-17)23-19-14-16(26)9-12-21(19)28-29-23/h9-12,14-15,22H,5-8,13H2,1-4H3,(H,28,29)(H,31,32). The molecule has 3 aromatic rings. The van der Waals surface area contributed by atoms with E-state index in [4.69, 9.17) is 4.74 Å². The second kappa shape index (κ2) is 10.5. The number of hydrogen-bond acceptors (Lipinski definition) is 3. The molecular weight excluding hydrogens is 489 g/mol. The zero-order valence-corrected chi connectivity index (χ0v) is 21.1. The minimum Gasteiger partial charge on any atom is -0.493 e. The van der Waals surface area contributed by atoms with Crippen molar-refractivity contribution in [1.29, 1.82) is 0 Å². The molecule has 0 fully saturated rings. The number of unbranched alkanes of at least 4 members (excludes halogenated alkanes) is 2. The molecule has 1 aromatic heterocycles. The van der Waals surface area contributed by atoms with Crippen LogP contribution in [0.15, 0.2) is 40.9 Å². The van der Waals surface area contributed by atoms with E-state index in [0.29, 0.717) is 23.6 Å². The van der Waals surface area contributed by atoms with Crippen molar-refractivity contribution in [2.75, 3.05) is 13.7 Å². The molecule has 0 saturated carbocycles. The highest BCUT2D eigenvalue weighted by atomic mass is 79.9. The van der Waals surface area contributed by atoms with Crippen LogP contribution in [-0.4, -0.2) is 46.0 Å². The molecule has 0 radical (unpaired) electrons. The van der Waals surface area contributed by atoms with Gasteiger partial charge in [-0.05, 0) is 55.0 Å². The van der Waals surface area contributed by atoms with Crippen LogP contribution >= 0.6 is 15.9 Å². The number of benzene rings is 2. The highest BCUT2D eigenvalue weighted by Gasteiger charge is 2.30. The quantitative estimate of drug-likeness (QED) is 0.295. The number of rotatable bonds is 9. The lowest BCUT2D eigenvalue weighted by Gasteiger charge is -2.36. The molecule has 33 heavy (non-hydrogen) atoms. The van der Waals surface area contributed by atoms with Gasteiger partial charge in [0.2, 0.25) is 0 Å². The molecule has 2 aromatic carbocycles. The normalized spacial score (nSPS) is 12.7. The Bertz CT molecular complexity index is 1110. The van der Waals surface area contributed by atoms with Crippen molar-refractivity contribution in [3.63, 3.8) is 0 Å². The second-order valence-corrected chi connectivity index (χ2v) is 10.3. The second-order valence-electron chi connectivity index (χ2n) is 9.38. The minimum absolute atomic E-state index is 0.0451. The first-order valence-electron chi connectivity index (χ1n) is 11.1. The highest BCUT2D eigenvalue weighted by molar-refractivity contribution is 9.10. The topological polar surface area (TPSA) is 78.5 Å². The Morgan fingerprint density at radius 2 is 1.97 bits per heavy atom. The Labute approximate surface area is 202 Å². The number of halogens is 2. The van der Waals surface area contributed by atoms with Gasteiger partial charge in [-0.1, -0.05) is 43.1 Å². The number of H-pyrrole nitrogens is 1. The van der Waals surface area contributed by atoms with E-state index >= 15 is 0 Å². The minimum atomic E-state index is -0.904. The van der Waals surface area contributed by atoms with Gasteiger partial charge >= 0.3 is 6.09 Å². The third kappa shape index (κ3) is 6.25. The maximum absolute atomic E-state index is 14.8. The summed E-state index contributed by atoms with van der Waals surface area (Å²) in [4.78, 5) is 12.8. The maximum atomic E-state index is 14.8. The highest BCUT2D eigenvalue weighted by Crippen LogP contribution is 2.32. The summed E-state index contributed by atoms with van der Waals surface area (Å²) in [6, 6.07) is 10.5. The van der Waals surface area contributed by atoms with Crippen LogP contribution in [0.3, 0.4) is 0 Å². The molecule has 6 nitrogen and oxygen atoms in total. The monoisotopic (exact) mass is 519 g/mol. The molecule has 0 aliphatic heterocycles. The number of amides is 1. The van der Waals surface area contributed by atoms with Crippen molar-refractivity contribution in [3.8, 4) is 17.0 Å². The van der Waals surface area contributed by atoms with Gasteiger partial charge in [-0.2, -0.15) is 5.10 Å². The van der Waals surface area contributed by atoms with E-state index in [1.54, 1.807) is 19.2 Å². The Morgan fingerprint density at radius 1 is 1.21 bits per heavy atom. The number of nitrogens with one attached hydrogen (secondary N) is 1. The molecule has 2 N–H and O–H groups in total. The summed E-state index contributed by atoms with van der Waals surface area (Å²) in [5, 5.41) is 17.4. The van der Waals surface area contributed by atoms with E-state index in [1.807, 2.05) is 18.2 Å². The first kappa shape index (κ1) is 25.0. The van der Waals surface area contributed by atoms with Crippen molar-refractivity contribution in [3.05, 3.63) is 46.7 Å². The van der Waals surface area contributed by atoms with Crippen LogP contribution in [0.5, 0.6) is 5.75 Å². The average Bonchev–Trinajstić information content (AvgIpc) is 3.14. The molecule has 0 aliphatic carbocycles. The first-order chi connectivity index (χ1) is 15.6. The largest absolute Gasteiger partial charge is 0.493 e. The fourth-order valence-electron chi connectivity index (χ4n) is 4.12. The SMILES string of the molecule is CN(C(=O)O)C(CCCCCOc1ccc(-c2n[nH]c3ccc(Br)cc23)c(F)c1)C(C)(C)C. The summed E-state index contributed by atoms with van der Waals surface area (Å²) in [6.07, 6.45) is 2.52. The lowest BCUT2D eigenvalue weighted by molar-refractivity contribution is 0.0925. The molecule has 8 heteroatoms. The van der Waals surface area contributed by atoms with Gasteiger partial charge in [0.1, 0.15) is 17.3 Å². The summed E-state index contributed by atoms with van der Waals surface area (Å²) < 4.78 is 21.5. The van der Waals surface area contributed by atoms with E-state index in [-0.39, 0.29) is 17.3 Å². The van der Waals surface area contributed by atoms with Gasteiger partial charge in [-0.25, -0.2) is 9.18 Å². The van der Waals surface area contributed by atoms with Crippen LogP contribution in [0, 0.1) is 11.2 Å². The van der Waals surface area contributed by atoms with Gasteiger partial charge in [0.05, 0.1) is 12.1 Å². The number of carbonyl (C=O) groups is 1. The van der Waals surface area contributed by atoms with E-state index < -0.39 is 6.09 Å². The Hall–Kier alpha value is -2.61. The van der Waals surface area contributed by atoms with Crippen molar-refractivity contribution < 1.29 is 19.0 Å². The molecular formula is C25H31BrFN3O3. The van der Waals surface area contributed by atoms with E-state index in [0.717, 1.165) is 41.1 Å². The van der Waals surface area contributed by atoms with Crippen LogP contribution in [0.4, 0.5) is 9.18 Å². The van der Waals surface area contributed by atoms with Gasteiger partial charge in [0.25, 0.3) is 0 Å². The zero-order valence-electron chi connectivity index (χ0n) is 19.5. The summed E-state index contributed by atoms with van der Waals surface area (Å²) >= 11 is 3.45. The fourth-order valence-corrected chi connectivity index (χ4v) is 4.48. The Kier molecular flexibility index (Phi) is 8.00. The number of aromatic amines is 1. The van der Waals surface area contributed by atoms with Crippen molar-refractivity contribution in [2.24, 2.45) is 5.41 Å². The zero-order chi connectivity index (χ0) is 24.2. The summed E-state index contributed by atoms with van der Waals surface area (Å²) in [5.41, 5.74) is 1.70. The van der Waals surface area contributed by atoms with Crippen LogP contribution in [0.1, 0.15) is 46.5 Å². The lowest BCUT2D eigenvalue weighted by Crippen LogP contribution is -2.44. The van der Waals surface area contributed by atoms with Crippen molar-refractivity contribution in [1.82, 2.24) is 15.1 Å². The number of ether oxygens (including phenoxy) is 1. The molecule has 1 atom stereocenters. The smallest absolute Gasteiger partial charge is 0.407 e. The predicted octanol–water partition coefficient (Wildman–Crippen LogP) is 7.10. The van der Waals surface area contributed by atoms with Crippen LogP contribution in [-0.2, 0) is 0 Å². The number of fused-ring (bicyclic) bond motifs is 1. The van der Waals surface area contributed by atoms with Gasteiger partial charge in [-0.15, -0.1) is 0 Å².